The molecule has 1 amide bonds. The molecule has 1 unspecified atom stereocenters. The van der Waals surface area contributed by atoms with Crippen molar-refractivity contribution < 1.29 is 18.0 Å². The Bertz CT molecular complexity index is 990. The first kappa shape index (κ1) is 17.6. The van der Waals surface area contributed by atoms with Crippen LogP contribution in [0.2, 0.25) is 0 Å². The van der Waals surface area contributed by atoms with Crippen LogP contribution in [0.15, 0.2) is 36.5 Å². The Balaban J connectivity index is 1.58. The summed E-state index contributed by atoms with van der Waals surface area (Å²) in [6.07, 6.45) is -1.76. The van der Waals surface area contributed by atoms with Gasteiger partial charge in [-0.3, -0.25) is 14.2 Å². The second-order valence-electron chi connectivity index (χ2n) is 6.72. The number of halogens is 3. The van der Waals surface area contributed by atoms with Gasteiger partial charge in [-0.2, -0.15) is 23.4 Å². The number of carbonyl (C=O) groups is 1. The molecule has 3 heterocycles. The van der Waals surface area contributed by atoms with Crippen LogP contribution in [-0.2, 0) is 13.2 Å². The van der Waals surface area contributed by atoms with E-state index in [0.29, 0.717) is 31.6 Å². The number of nitrogens with zero attached hydrogens (tertiary/aromatic N) is 5. The second kappa shape index (κ2) is 6.40. The molecule has 1 atom stereocenters. The quantitative estimate of drug-likeness (QED) is 0.689. The molecule has 0 bridgehead atoms. The molecular weight excluding hydrogens is 359 g/mol. The van der Waals surface area contributed by atoms with Gasteiger partial charge in [-0.1, -0.05) is 18.2 Å². The van der Waals surface area contributed by atoms with E-state index in [-0.39, 0.29) is 11.9 Å². The first-order valence-electron chi connectivity index (χ1n) is 8.68. The number of benzene rings is 1. The number of hydrogen-bond acceptors (Lipinski definition) is 3. The van der Waals surface area contributed by atoms with Gasteiger partial charge in [-0.15, -0.1) is 0 Å². The zero-order valence-electron chi connectivity index (χ0n) is 14.6. The Morgan fingerprint density at radius 1 is 1.19 bits per heavy atom. The lowest BCUT2D eigenvalue weighted by Gasteiger charge is -2.33. The highest BCUT2D eigenvalue weighted by Crippen LogP contribution is 2.30. The van der Waals surface area contributed by atoms with Crippen molar-refractivity contribution in [1.82, 2.24) is 24.5 Å². The molecule has 0 radical (unpaired) electrons. The third kappa shape index (κ3) is 3.17. The van der Waals surface area contributed by atoms with Gasteiger partial charge in [-0.25, -0.2) is 0 Å². The van der Waals surface area contributed by atoms with E-state index < -0.39 is 11.9 Å². The molecule has 27 heavy (non-hydrogen) atoms. The predicted octanol–water partition coefficient (Wildman–Crippen LogP) is 3.27. The van der Waals surface area contributed by atoms with E-state index in [2.05, 4.69) is 10.2 Å². The van der Waals surface area contributed by atoms with Gasteiger partial charge >= 0.3 is 6.18 Å². The second-order valence-corrected chi connectivity index (χ2v) is 6.72. The number of alkyl halides is 3. The number of hydrogen-bond donors (Lipinski definition) is 0. The van der Waals surface area contributed by atoms with Crippen molar-refractivity contribution in [3.63, 3.8) is 0 Å². The normalized spacial score (nSPS) is 18.2. The highest BCUT2D eigenvalue weighted by Gasteiger charge is 2.35. The van der Waals surface area contributed by atoms with Gasteiger partial charge < -0.3 is 4.90 Å². The summed E-state index contributed by atoms with van der Waals surface area (Å²) in [6, 6.07) is 8.08. The summed E-state index contributed by atoms with van der Waals surface area (Å²) >= 11 is 0. The van der Waals surface area contributed by atoms with Gasteiger partial charge in [-0.05, 0) is 25.0 Å². The molecule has 1 fully saturated rings. The Morgan fingerprint density at radius 3 is 2.70 bits per heavy atom. The predicted molar refractivity (Wildman–Crippen MR) is 92.1 cm³/mol. The van der Waals surface area contributed by atoms with Gasteiger partial charge in [0.05, 0.1) is 11.6 Å². The smallest absolute Gasteiger partial charge is 0.335 e. The molecule has 9 heteroatoms. The lowest BCUT2D eigenvalue weighted by Crippen LogP contribution is -2.41. The highest BCUT2D eigenvalue weighted by molar-refractivity contribution is 6.05. The number of rotatable bonds is 2. The van der Waals surface area contributed by atoms with Crippen molar-refractivity contribution in [1.29, 1.82) is 0 Å². The Morgan fingerprint density at radius 2 is 1.96 bits per heavy atom. The number of carbonyl (C=O) groups excluding carboxylic acids is 1. The molecule has 2 aromatic heterocycles. The minimum Gasteiger partial charge on any atom is -0.335 e. The first-order valence-corrected chi connectivity index (χ1v) is 8.68. The number of aromatic nitrogens is 4. The third-order valence-corrected chi connectivity index (χ3v) is 4.90. The Labute approximate surface area is 153 Å². The lowest BCUT2D eigenvalue weighted by molar-refractivity contribution is -0.141. The molecule has 1 saturated heterocycles. The molecule has 0 saturated carbocycles. The number of piperidine rings is 1. The van der Waals surface area contributed by atoms with Crippen LogP contribution in [0.3, 0.4) is 0 Å². The summed E-state index contributed by atoms with van der Waals surface area (Å²) in [7, 11) is 1.72. The Hall–Kier alpha value is -2.84. The number of likely N-dealkylation sites (tertiary alicyclic amines) is 1. The monoisotopic (exact) mass is 377 g/mol. The van der Waals surface area contributed by atoms with Gasteiger partial charge in [0.1, 0.15) is 5.69 Å². The van der Waals surface area contributed by atoms with E-state index in [0.717, 1.165) is 17.0 Å². The molecule has 0 N–H and O–H groups in total. The van der Waals surface area contributed by atoms with Crippen LogP contribution in [0.5, 0.6) is 0 Å². The highest BCUT2D eigenvalue weighted by atomic mass is 19.4. The molecule has 1 aliphatic heterocycles. The van der Waals surface area contributed by atoms with E-state index in [1.807, 2.05) is 24.3 Å². The number of amides is 1. The van der Waals surface area contributed by atoms with Crippen molar-refractivity contribution >= 4 is 16.8 Å². The SMILES string of the molecule is Cn1nc2ccccc2c1C(=O)N1CCCC(n2ccc(C(F)(F)F)n2)C1. The van der Waals surface area contributed by atoms with Crippen molar-refractivity contribution in [3.8, 4) is 0 Å². The minimum atomic E-state index is -4.47. The zero-order valence-corrected chi connectivity index (χ0v) is 14.6. The molecule has 3 aromatic rings. The molecule has 4 rings (SSSR count). The maximum atomic E-state index is 13.1. The molecule has 6 nitrogen and oxygen atoms in total. The number of fused-ring (bicyclic) bond motifs is 1. The zero-order chi connectivity index (χ0) is 19.2. The summed E-state index contributed by atoms with van der Waals surface area (Å²) in [4.78, 5) is 14.8. The van der Waals surface area contributed by atoms with Crippen LogP contribution >= 0.6 is 0 Å². The maximum Gasteiger partial charge on any atom is 0.435 e. The fraction of sp³-hybridized carbons (Fsp3) is 0.389. The van der Waals surface area contributed by atoms with Crippen molar-refractivity contribution in [3.05, 3.63) is 47.9 Å². The largest absolute Gasteiger partial charge is 0.435 e. The van der Waals surface area contributed by atoms with Crippen LogP contribution in [0.4, 0.5) is 13.2 Å². The summed E-state index contributed by atoms with van der Waals surface area (Å²) < 4.78 is 41.3. The average Bonchev–Trinajstić information content (AvgIpc) is 3.25. The summed E-state index contributed by atoms with van der Waals surface area (Å²) in [5.74, 6) is -0.167. The fourth-order valence-corrected chi connectivity index (χ4v) is 3.60. The van der Waals surface area contributed by atoms with Crippen molar-refractivity contribution in [2.45, 2.75) is 25.1 Å². The fourth-order valence-electron chi connectivity index (χ4n) is 3.60. The van der Waals surface area contributed by atoms with E-state index in [1.54, 1.807) is 16.6 Å². The van der Waals surface area contributed by atoms with Crippen LogP contribution in [0, 0.1) is 0 Å². The standard InChI is InChI=1S/C18H18F3N5O/c1-24-16(13-6-2-3-7-14(13)22-24)17(27)25-9-4-5-12(11-25)26-10-8-15(23-26)18(19,20)21/h2-3,6-8,10,12H,4-5,9,11H2,1H3. The van der Waals surface area contributed by atoms with E-state index in [1.165, 1.54) is 10.9 Å². The minimum absolute atomic E-state index is 0.167. The third-order valence-electron chi connectivity index (χ3n) is 4.90. The molecule has 1 aliphatic rings. The van der Waals surface area contributed by atoms with E-state index in [4.69, 9.17) is 0 Å². The van der Waals surface area contributed by atoms with Crippen LogP contribution in [-0.4, -0.2) is 43.5 Å². The average molecular weight is 377 g/mol. The van der Waals surface area contributed by atoms with E-state index >= 15 is 0 Å². The first-order chi connectivity index (χ1) is 12.8. The van der Waals surface area contributed by atoms with Crippen LogP contribution in [0.25, 0.3) is 10.9 Å². The number of aryl methyl sites for hydroxylation is 1. The van der Waals surface area contributed by atoms with Gasteiger partial charge in [0, 0.05) is 31.7 Å². The molecule has 1 aromatic carbocycles. The van der Waals surface area contributed by atoms with Gasteiger partial charge in [0.2, 0.25) is 0 Å². The molecule has 0 spiro atoms. The van der Waals surface area contributed by atoms with Crippen molar-refractivity contribution in [2.24, 2.45) is 7.05 Å². The molecular formula is C18H18F3N5O. The Kier molecular flexibility index (Phi) is 4.16. The summed E-state index contributed by atoms with van der Waals surface area (Å²) in [5.41, 5.74) is 0.310. The molecule has 142 valence electrons. The van der Waals surface area contributed by atoms with Crippen molar-refractivity contribution in [2.75, 3.05) is 13.1 Å². The van der Waals surface area contributed by atoms with Crippen LogP contribution < -0.4 is 0 Å². The lowest BCUT2D eigenvalue weighted by atomic mass is 10.0. The van der Waals surface area contributed by atoms with Crippen LogP contribution in [0.1, 0.15) is 35.1 Å². The molecule has 0 aliphatic carbocycles. The van der Waals surface area contributed by atoms with E-state index in [9.17, 15) is 18.0 Å². The topological polar surface area (TPSA) is 56.0 Å². The summed E-state index contributed by atoms with van der Waals surface area (Å²) in [6.45, 7) is 0.875. The van der Waals surface area contributed by atoms with Gasteiger partial charge in [0.15, 0.2) is 5.69 Å². The maximum absolute atomic E-state index is 13.1. The van der Waals surface area contributed by atoms with Gasteiger partial charge in [0.25, 0.3) is 5.91 Å². The summed E-state index contributed by atoms with van der Waals surface area (Å²) in [5, 5.41) is 8.80.